The van der Waals surface area contributed by atoms with E-state index in [9.17, 15) is 9.59 Å². The number of carbonyl (C=O) groups is 2. The molecule has 1 aliphatic carbocycles. The van der Waals surface area contributed by atoms with Crippen molar-refractivity contribution in [2.75, 3.05) is 6.61 Å². The van der Waals surface area contributed by atoms with Crippen molar-refractivity contribution in [3.8, 4) is 11.3 Å². The van der Waals surface area contributed by atoms with Gasteiger partial charge in [0.1, 0.15) is 0 Å². The van der Waals surface area contributed by atoms with Gasteiger partial charge in [-0.3, -0.25) is 9.48 Å². The first kappa shape index (κ1) is 26.2. The van der Waals surface area contributed by atoms with Crippen molar-refractivity contribution in [1.82, 2.24) is 15.1 Å². The molecule has 2 heterocycles. The topological polar surface area (TPSA) is 73.2 Å². The number of nitrogens with zero attached hydrogens (tertiary/aromatic N) is 2. The highest BCUT2D eigenvalue weighted by Gasteiger charge is 2.44. The number of Topliss-reactive ketones (excluding diaryl/α,β-unsaturated/α-hetero) is 1. The fraction of sp³-hybridized carbons (Fsp3) is 0.323. The molecule has 0 radical (unpaired) electrons. The van der Waals surface area contributed by atoms with Crippen LogP contribution in [-0.4, -0.2) is 28.1 Å². The maximum Gasteiger partial charge on any atom is 0.336 e. The lowest BCUT2D eigenvalue weighted by molar-refractivity contribution is -0.138. The van der Waals surface area contributed by atoms with Crippen molar-refractivity contribution < 1.29 is 14.3 Å². The average Bonchev–Trinajstić information content (AvgIpc) is 3.28. The van der Waals surface area contributed by atoms with Crippen LogP contribution in [0.3, 0.4) is 0 Å². The number of hydrogen-bond donors (Lipinski definition) is 1. The number of esters is 1. The molecule has 0 saturated carbocycles. The van der Waals surface area contributed by atoms with Gasteiger partial charge < -0.3 is 10.1 Å². The summed E-state index contributed by atoms with van der Waals surface area (Å²) in [5.74, 6) is -0.920. The second-order valence-electron chi connectivity index (χ2n) is 10.8. The normalized spacial score (nSPS) is 18.8. The van der Waals surface area contributed by atoms with E-state index in [0.717, 1.165) is 44.7 Å². The van der Waals surface area contributed by atoms with Gasteiger partial charge in [-0.2, -0.15) is 5.10 Å². The quantitative estimate of drug-likeness (QED) is 0.339. The molecule has 1 atom stereocenters. The molecule has 5 rings (SSSR count). The minimum absolute atomic E-state index is 0.0581. The fourth-order valence-corrected chi connectivity index (χ4v) is 5.82. The first-order chi connectivity index (χ1) is 18.2. The standard InChI is InChI=1S/C31H32BrN3O3/c1-5-38-30(37)26-19(2)33-24-15-31(3,4)16-25(36)28(24)27(26)23-18-35(17-20-11-13-22(32)14-12-20)34-29(23)21-9-7-6-8-10-21/h6-14,18,27,33H,5,15-17H2,1-4H3/t27-/m0/s1. The molecule has 3 aromatic rings. The van der Waals surface area contributed by atoms with Gasteiger partial charge in [-0.05, 0) is 43.4 Å². The number of nitrogens with one attached hydrogen (secondary N) is 1. The van der Waals surface area contributed by atoms with Crippen LogP contribution in [0.25, 0.3) is 11.3 Å². The van der Waals surface area contributed by atoms with E-state index in [1.54, 1.807) is 6.92 Å². The minimum atomic E-state index is -0.567. The molecule has 1 aliphatic heterocycles. The first-order valence-electron chi connectivity index (χ1n) is 12.9. The first-order valence-corrected chi connectivity index (χ1v) is 13.7. The lowest BCUT2D eigenvalue weighted by atomic mass is 9.68. The molecular weight excluding hydrogens is 542 g/mol. The van der Waals surface area contributed by atoms with Crippen molar-refractivity contribution in [1.29, 1.82) is 0 Å². The van der Waals surface area contributed by atoms with E-state index < -0.39 is 11.9 Å². The molecular formula is C31H32BrN3O3. The molecule has 7 heteroatoms. The van der Waals surface area contributed by atoms with E-state index in [0.29, 0.717) is 24.1 Å². The van der Waals surface area contributed by atoms with Crippen molar-refractivity contribution in [2.24, 2.45) is 5.41 Å². The van der Waals surface area contributed by atoms with E-state index in [2.05, 4.69) is 47.2 Å². The highest BCUT2D eigenvalue weighted by Crippen LogP contribution is 2.48. The van der Waals surface area contributed by atoms with E-state index >= 15 is 0 Å². The van der Waals surface area contributed by atoms with Crippen LogP contribution < -0.4 is 5.32 Å². The van der Waals surface area contributed by atoms with Gasteiger partial charge in [0.05, 0.1) is 30.3 Å². The highest BCUT2D eigenvalue weighted by molar-refractivity contribution is 9.10. The molecule has 1 aromatic heterocycles. The average molecular weight is 575 g/mol. The summed E-state index contributed by atoms with van der Waals surface area (Å²) in [6, 6.07) is 18.1. The molecule has 0 unspecified atom stereocenters. The second kappa shape index (κ2) is 10.4. The number of aromatic nitrogens is 2. The highest BCUT2D eigenvalue weighted by atomic mass is 79.9. The van der Waals surface area contributed by atoms with Gasteiger partial charge in [-0.1, -0.05) is 72.2 Å². The monoisotopic (exact) mass is 573 g/mol. The fourth-order valence-electron chi connectivity index (χ4n) is 5.55. The van der Waals surface area contributed by atoms with Crippen LogP contribution in [0.2, 0.25) is 0 Å². The van der Waals surface area contributed by atoms with Crippen molar-refractivity contribution in [2.45, 2.75) is 53.0 Å². The van der Waals surface area contributed by atoms with Gasteiger partial charge in [0.25, 0.3) is 0 Å². The Morgan fingerprint density at radius 3 is 2.53 bits per heavy atom. The van der Waals surface area contributed by atoms with Gasteiger partial charge >= 0.3 is 5.97 Å². The molecule has 1 N–H and O–H groups in total. The number of carbonyl (C=O) groups excluding carboxylic acids is 2. The smallest absolute Gasteiger partial charge is 0.336 e. The van der Waals surface area contributed by atoms with Gasteiger partial charge in [0.15, 0.2) is 5.78 Å². The molecule has 0 fully saturated rings. The molecule has 0 spiro atoms. The second-order valence-corrected chi connectivity index (χ2v) is 11.7. The van der Waals surface area contributed by atoms with Crippen LogP contribution in [0.15, 0.2) is 87.8 Å². The predicted octanol–water partition coefficient (Wildman–Crippen LogP) is 6.53. The predicted molar refractivity (Wildman–Crippen MR) is 151 cm³/mol. The molecule has 0 amide bonds. The number of benzene rings is 2. The number of ether oxygens (including phenoxy) is 1. The largest absolute Gasteiger partial charge is 0.463 e. The molecule has 0 bridgehead atoms. The zero-order valence-electron chi connectivity index (χ0n) is 22.2. The molecule has 196 valence electrons. The van der Waals surface area contributed by atoms with E-state index in [-0.39, 0.29) is 17.8 Å². The molecule has 0 saturated heterocycles. The number of dihydropyridines is 1. The van der Waals surface area contributed by atoms with Gasteiger partial charge in [0, 0.05) is 45.2 Å². The summed E-state index contributed by atoms with van der Waals surface area (Å²) in [6.45, 7) is 8.72. The maximum atomic E-state index is 13.7. The summed E-state index contributed by atoms with van der Waals surface area (Å²) >= 11 is 3.50. The third kappa shape index (κ3) is 5.12. The van der Waals surface area contributed by atoms with Crippen LogP contribution in [0.1, 0.15) is 57.6 Å². The Balaban J connectivity index is 1.71. The molecule has 2 aliphatic rings. The van der Waals surface area contributed by atoms with Crippen LogP contribution >= 0.6 is 15.9 Å². The minimum Gasteiger partial charge on any atom is -0.463 e. The van der Waals surface area contributed by atoms with E-state index in [1.807, 2.05) is 60.3 Å². The SMILES string of the molecule is CCOC(=O)C1=C(C)NC2=C(C(=O)CC(C)(C)C2)[C@H]1c1cn(Cc2ccc(Br)cc2)nc1-c1ccccc1. The summed E-state index contributed by atoms with van der Waals surface area (Å²) in [5, 5.41) is 8.42. The summed E-state index contributed by atoms with van der Waals surface area (Å²) in [7, 11) is 0. The Hall–Kier alpha value is -3.45. The number of halogens is 1. The number of allylic oxidation sites excluding steroid dienone is 3. The van der Waals surface area contributed by atoms with Crippen LogP contribution in [-0.2, 0) is 20.9 Å². The van der Waals surface area contributed by atoms with Crippen LogP contribution in [0.5, 0.6) is 0 Å². The Labute approximate surface area is 231 Å². The lowest BCUT2D eigenvalue weighted by Gasteiger charge is -2.39. The Kier molecular flexibility index (Phi) is 7.14. The summed E-state index contributed by atoms with van der Waals surface area (Å²) in [5.41, 5.74) is 6.19. The maximum absolute atomic E-state index is 13.7. The van der Waals surface area contributed by atoms with Crippen molar-refractivity contribution >= 4 is 27.7 Å². The van der Waals surface area contributed by atoms with E-state index in [4.69, 9.17) is 9.84 Å². The zero-order chi connectivity index (χ0) is 27.0. The number of rotatable bonds is 6. The number of hydrogen-bond acceptors (Lipinski definition) is 5. The zero-order valence-corrected chi connectivity index (χ0v) is 23.8. The summed E-state index contributed by atoms with van der Waals surface area (Å²) in [4.78, 5) is 27.1. The Morgan fingerprint density at radius 1 is 1.13 bits per heavy atom. The van der Waals surface area contributed by atoms with Gasteiger partial charge in [-0.15, -0.1) is 0 Å². The van der Waals surface area contributed by atoms with Crippen LogP contribution in [0, 0.1) is 5.41 Å². The van der Waals surface area contributed by atoms with E-state index in [1.165, 1.54) is 0 Å². The Morgan fingerprint density at radius 2 is 1.84 bits per heavy atom. The lowest BCUT2D eigenvalue weighted by Crippen LogP contribution is -2.38. The van der Waals surface area contributed by atoms with Gasteiger partial charge in [-0.25, -0.2) is 4.79 Å². The van der Waals surface area contributed by atoms with Gasteiger partial charge in [0.2, 0.25) is 0 Å². The third-order valence-corrected chi connectivity index (χ3v) is 7.67. The summed E-state index contributed by atoms with van der Waals surface area (Å²) < 4.78 is 8.43. The number of ketones is 1. The molecule has 2 aromatic carbocycles. The Bertz CT molecular complexity index is 1450. The molecule has 38 heavy (non-hydrogen) atoms. The third-order valence-electron chi connectivity index (χ3n) is 7.14. The van der Waals surface area contributed by atoms with Crippen molar-refractivity contribution in [3.63, 3.8) is 0 Å². The molecule has 6 nitrogen and oxygen atoms in total. The van der Waals surface area contributed by atoms with Crippen molar-refractivity contribution in [3.05, 3.63) is 98.9 Å². The van der Waals surface area contributed by atoms with Crippen LogP contribution in [0.4, 0.5) is 0 Å². The summed E-state index contributed by atoms with van der Waals surface area (Å²) in [6.07, 6.45) is 3.14.